The number of rotatable bonds is 4. The van der Waals surface area contributed by atoms with Crippen LogP contribution in [0.5, 0.6) is 0 Å². The Bertz CT molecular complexity index is 340. The molecule has 82 valence electrons. The third-order valence-electron chi connectivity index (χ3n) is 1.78. The number of benzene rings is 1. The minimum Gasteiger partial charge on any atom is -0.409 e. The van der Waals surface area contributed by atoms with Crippen LogP contribution in [0.3, 0.4) is 0 Å². The van der Waals surface area contributed by atoms with Crippen molar-refractivity contribution in [2.75, 3.05) is 0 Å². The molecule has 15 heavy (non-hydrogen) atoms. The van der Waals surface area contributed by atoms with Crippen molar-refractivity contribution in [1.29, 1.82) is 0 Å². The molecule has 0 aromatic heterocycles. The fourth-order valence-corrected chi connectivity index (χ4v) is 2.40. The molecule has 0 bridgehead atoms. The van der Waals surface area contributed by atoms with E-state index in [-0.39, 0.29) is 5.84 Å². The maximum atomic E-state index is 8.43. The number of amidine groups is 1. The lowest BCUT2D eigenvalue weighted by atomic mass is 10.3. The predicted octanol–water partition coefficient (Wildman–Crippen LogP) is 3.07. The molecule has 0 saturated carbocycles. The maximum Gasteiger partial charge on any atom is 0.140 e. The van der Waals surface area contributed by atoms with E-state index in [4.69, 9.17) is 10.9 Å². The lowest BCUT2D eigenvalue weighted by molar-refractivity contribution is 0.317. The quantitative estimate of drug-likeness (QED) is 0.294. The third-order valence-corrected chi connectivity index (χ3v) is 3.42. The number of oxime groups is 1. The largest absolute Gasteiger partial charge is 0.409 e. The Morgan fingerprint density at radius 3 is 2.67 bits per heavy atom. The van der Waals surface area contributed by atoms with E-state index < -0.39 is 0 Å². The lowest BCUT2D eigenvalue weighted by Gasteiger charge is -2.09. The zero-order valence-electron chi connectivity index (χ0n) is 8.35. The molecular formula is C10H13BrN2OS. The van der Waals surface area contributed by atoms with Crippen LogP contribution in [0.2, 0.25) is 0 Å². The van der Waals surface area contributed by atoms with Crippen LogP contribution in [-0.4, -0.2) is 16.3 Å². The van der Waals surface area contributed by atoms with Crippen LogP contribution in [-0.2, 0) is 0 Å². The van der Waals surface area contributed by atoms with Crippen molar-refractivity contribution >= 4 is 33.5 Å². The van der Waals surface area contributed by atoms with Crippen molar-refractivity contribution in [3.05, 3.63) is 28.7 Å². The van der Waals surface area contributed by atoms with E-state index in [1.807, 2.05) is 31.2 Å². The lowest BCUT2D eigenvalue weighted by Crippen LogP contribution is -2.16. The Labute approximate surface area is 102 Å². The molecule has 0 saturated heterocycles. The van der Waals surface area contributed by atoms with Crippen molar-refractivity contribution in [1.82, 2.24) is 0 Å². The molecule has 1 atom stereocenters. The smallest absolute Gasteiger partial charge is 0.140 e. The molecule has 0 radical (unpaired) electrons. The fourth-order valence-electron chi connectivity index (χ4n) is 1.12. The monoisotopic (exact) mass is 288 g/mol. The first-order valence-corrected chi connectivity index (χ1v) is 6.17. The van der Waals surface area contributed by atoms with Crippen molar-refractivity contribution < 1.29 is 5.21 Å². The summed E-state index contributed by atoms with van der Waals surface area (Å²) in [5, 5.41) is 11.7. The summed E-state index contributed by atoms with van der Waals surface area (Å²) in [6, 6.07) is 8.08. The van der Waals surface area contributed by atoms with Crippen LogP contribution in [0.25, 0.3) is 0 Å². The van der Waals surface area contributed by atoms with E-state index in [1.165, 1.54) is 4.90 Å². The highest BCUT2D eigenvalue weighted by molar-refractivity contribution is 9.10. The maximum absolute atomic E-state index is 8.43. The first-order chi connectivity index (χ1) is 7.11. The summed E-state index contributed by atoms with van der Waals surface area (Å²) in [6.07, 6.45) is 0.581. The Hall–Kier alpha value is -0.680. The van der Waals surface area contributed by atoms with Gasteiger partial charge in [-0.05, 0) is 24.3 Å². The first kappa shape index (κ1) is 12.4. The van der Waals surface area contributed by atoms with E-state index in [2.05, 4.69) is 21.1 Å². The van der Waals surface area contributed by atoms with E-state index in [0.717, 1.165) is 4.47 Å². The summed E-state index contributed by atoms with van der Waals surface area (Å²) in [5.41, 5.74) is 5.43. The molecule has 0 aliphatic heterocycles. The molecule has 0 spiro atoms. The van der Waals surface area contributed by atoms with Gasteiger partial charge < -0.3 is 10.9 Å². The topological polar surface area (TPSA) is 58.6 Å². The SMILES string of the molecule is CC(CC(N)=NO)Sc1ccc(Br)cc1. The molecule has 1 unspecified atom stereocenters. The molecule has 0 amide bonds. The highest BCUT2D eigenvalue weighted by atomic mass is 79.9. The second-order valence-electron chi connectivity index (χ2n) is 3.18. The van der Waals surface area contributed by atoms with E-state index >= 15 is 0 Å². The first-order valence-electron chi connectivity index (χ1n) is 4.50. The number of hydrogen-bond acceptors (Lipinski definition) is 3. The van der Waals surface area contributed by atoms with Crippen molar-refractivity contribution in [3.63, 3.8) is 0 Å². The Morgan fingerprint density at radius 1 is 1.53 bits per heavy atom. The average molecular weight is 289 g/mol. The minimum atomic E-state index is 0.270. The van der Waals surface area contributed by atoms with Gasteiger partial charge in [-0.25, -0.2) is 0 Å². The van der Waals surface area contributed by atoms with E-state index in [9.17, 15) is 0 Å². The van der Waals surface area contributed by atoms with E-state index in [0.29, 0.717) is 11.7 Å². The van der Waals surface area contributed by atoms with Crippen LogP contribution in [0.1, 0.15) is 13.3 Å². The van der Waals surface area contributed by atoms with Gasteiger partial charge in [-0.1, -0.05) is 28.0 Å². The van der Waals surface area contributed by atoms with Gasteiger partial charge in [0.15, 0.2) is 0 Å². The van der Waals surface area contributed by atoms with E-state index in [1.54, 1.807) is 11.8 Å². The Balaban J connectivity index is 2.51. The zero-order chi connectivity index (χ0) is 11.3. The van der Waals surface area contributed by atoms with Crippen molar-refractivity contribution in [2.45, 2.75) is 23.5 Å². The van der Waals surface area contributed by atoms with Crippen LogP contribution < -0.4 is 5.73 Å². The number of thioether (sulfide) groups is 1. The van der Waals surface area contributed by atoms with Crippen LogP contribution >= 0.6 is 27.7 Å². The van der Waals surface area contributed by atoms with Crippen LogP contribution in [0.4, 0.5) is 0 Å². The summed E-state index contributed by atoms with van der Waals surface area (Å²) in [7, 11) is 0. The second-order valence-corrected chi connectivity index (χ2v) is 5.61. The minimum absolute atomic E-state index is 0.270. The van der Waals surface area contributed by atoms with Gasteiger partial charge in [-0.2, -0.15) is 0 Å². The molecule has 0 heterocycles. The van der Waals surface area contributed by atoms with Gasteiger partial charge in [0.2, 0.25) is 0 Å². The number of nitrogens with two attached hydrogens (primary N) is 1. The molecule has 5 heteroatoms. The summed E-state index contributed by atoms with van der Waals surface area (Å²) >= 11 is 5.08. The Kier molecular flexibility index (Phi) is 4.98. The highest BCUT2D eigenvalue weighted by Crippen LogP contribution is 2.26. The molecule has 1 rings (SSSR count). The summed E-state index contributed by atoms with van der Waals surface area (Å²) < 4.78 is 1.07. The predicted molar refractivity (Wildman–Crippen MR) is 67.5 cm³/mol. The molecule has 1 aromatic carbocycles. The molecule has 0 aliphatic rings. The summed E-state index contributed by atoms with van der Waals surface area (Å²) in [5.74, 6) is 0.270. The number of hydrogen-bond donors (Lipinski definition) is 2. The van der Waals surface area contributed by atoms with Crippen LogP contribution in [0.15, 0.2) is 38.8 Å². The van der Waals surface area contributed by atoms with Gasteiger partial charge in [0.1, 0.15) is 5.84 Å². The molecule has 1 aromatic rings. The van der Waals surface area contributed by atoms with Gasteiger partial charge in [0.05, 0.1) is 0 Å². The molecule has 0 fully saturated rings. The van der Waals surface area contributed by atoms with Crippen LogP contribution in [0, 0.1) is 0 Å². The molecule has 3 N–H and O–H groups in total. The van der Waals surface area contributed by atoms with Gasteiger partial charge >= 0.3 is 0 Å². The summed E-state index contributed by atoms with van der Waals surface area (Å²) in [4.78, 5) is 1.18. The molecule has 0 aliphatic carbocycles. The molecular weight excluding hydrogens is 276 g/mol. The fraction of sp³-hybridized carbons (Fsp3) is 0.300. The van der Waals surface area contributed by atoms with Crippen molar-refractivity contribution in [2.24, 2.45) is 10.9 Å². The molecule has 3 nitrogen and oxygen atoms in total. The average Bonchev–Trinajstić information content (AvgIpc) is 2.21. The number of halogens is 1. The normalized spacial score (nSPS) is 13.9. The third kappa shape index (κ3) is 4.57. The van der Waals surface area contributed by atoms with Gasteiger partial charge in [-0.15, -0.1) is 11.8 Å². The highest BCUT2D eigenvalue weighted by Gasteiger charge is 2.06. The zero-order valence-corrected chi connectivity index (χ0v) is 10.8. The van der Waals surface area contributed by atoms with Gasteiger partial charge in [0, 0.05) is 21.0 Å². The number of nitrogens with zero attached hydrogens (tertiary/aromatic N) is 1. The second kappa shape index (κ2) is 6.02. The summed E-state index contributed by atoms with van der Waals surface area (Å²) in [6.45, 7) is 2.05. The Morgan fingerprint density at radius 2 is 2.13 bits per heavy atom. The van der Waals surface area contributed by atoms with Crippen molar-refractivity contribution in [3.8, 4) is 0 Å². The van der Waals surface area contributed by atoms with Gasteiger partial charge in [-0.3, -0.25) is 0 Å². The van der Waals surface area contributed by atoms with Gasteiger partial charge in [0.25, 0.3) is 0 Å². The standard InChI is InChI=1S/C10H13BrN2OS/c1-7(6-10(12)13-14)15-9-4-2-8(11)3-5-9/h2-5,7,14H,6H2,1H3,(H2,12,13).